The van der Waals surface area contributed by atoms with Gasteiger partial charge in [-0.1, -0.05) is 58.7 Å². The summed E-state index contributed by atoms with van der Waals surface area (Å²) in [7, 11) is 0. The first-order valence-corrected chi connectivity index (χ1v) is 15.5. The summed E-state index contributed by atoms with van der Waals surface area (Å²) in [5.74, 6) is -0.534. The van der Waals surface area contributed by atoms with Crippen LogP contribution in [0.2, 0.25) is 10.0 Å². The Bertz CT molecular complexity index is 1900. The van der Waals surface area contributed by atoms with Crippen LogP contribution >= 0.6 is 23.2 Å². The summed E-state index contributed by atoms with van der Waals surface area (Å²) in [4.78, 5) is 7.18. The fraction of sp³-hybridized carbons (Fsp3) is 0.273. The summed E-state index contributed by atoms with van der Waals surface area (Å²) in [6, 6.07) is 19.6. The van der Waals surface area contributed by atoms with Crippen molar-refractivity contribution in [2.45, 2.75) is 31.0 Å². The predicted molar refractivity (Wildman–Crippen MR) is 172 cm³/mol. The third-order valence-electron chi connectivity index (χ3n) is 8.51. The van der Waals surface area contributed by atoms with E-state index < -0.39 is 5.82 Å². The summed E-state index contributed by atoms with van der Waals surface area (Å²) < 4.78 is 21.4. The maximum Gasteiger partial charge on any atom is 0.141 e. The molecular weight excluding hydrogens is 614 g/mol. The van der Waals surface area contributed by atoms with Crippen molar-refractivity contribution in [2.75, 3.05) is 36.9 Å². The van der Waals surface area contributed by atoms with E-state index in [1.54, 1.807) is 18.2 Å². The highest BCUT2D eigenvalue weighted by Crippen LogP contribution is 2.38. The van der Waals surface area contributed by atoms with E-state index in [-0.39, 0.29) is 16.6 Å². The molecule has 7 rings (SSSR count). The molecule has 228 valence electrons. The number of nitrogens with zero attached hydrogens (tertiary/aromatic N) is 6. The normalized spacial score (nSPS) is 16.7. The van der Waals surface area contributed by atoms with E-state index in [2.05, 4.69) is 36.9 Å². The summed E-state index contributed by atoms with van der Waals surface area (Å²) in [6.07, 6.45) is 5.90. The minimum Gasteiger partial charge on any atom is -0.377 e. The molecule has 4 heterocycles. The van der Waals surface area contributed by atoms with Crippen LogP contribution in [-0.2, 0) is 11.3 Å². The Morgan fingerprint density at radius 3 is 2.58 bits per heavy atom. The average molecular weight is 644 g/mol. The van der Waals surface area contributed by atoms with Crippen LogP contribution in [0, 0.1) is 17.1 Å². The van der Waals surface area contributed by atoms with Crippen molar-refractivity contribution < 1.29 is 9.13 Å². The first-order chi connectivity index (χ1) is 21.9. The summed E-state index contributed by atoms with van der Waals surface area (Å²) >= 11 is 12.7. The topological polar surface area (TPSA) is 104 Å². The molecule has 0 bridgehead atoms. The molecule has 0 unspecified atom stereocenters. The second-order valence-electron chi connectivity index (χ2n) is 11.5. The lowest BCUT2D eigenvalue weighted by Crippen LogP contribution is -2.63. The van der Waals surface area contributed by atoms with Crippen LogP contribution in [0.4, 0.5) is 21.5 Å². The molecule has 2 N–H and O–H groups in total. The quantitative estimate of drug-likeness (QED) is 0.178. The predicted octanol–water partition coefficient (Wildman–Crippen LogP) is 6.95. The van der Waals surface area contributed by atoms with Crippen molar-refractivity contribution in [3.8, 4) is 6.07 Å². The van der Waals surface area contributed by atoms with Crippen LogP contribution < -0.4 is 10.6 Å². The highest BCUT2D eigenvalue weighted by atomic mass is 35.5. The van der Waals surface area contributed by atoms with Crippen LogP contribution in [0.5, 0.6) is 0 Å². The van der Waals surface area contributed by atoms with Gasteiger partial charge in [0.25, 0.3) is 0 Å². The molecule has 12 heteroatoms. The van der Waals surface area contributed by atoms with Gasteiger partial charge in [0.1, 0.15) is 17.6 Å². The number of anilines is 3. The molecule has 0 amide bonds. The zero-order chi connectivity index (χ0) is 31.0. The summed E-state index contributed by atoms with van der Waals surface area (Å²) in [5.41, 5.74) is 4.18. The lowest BCUT2D eigenvalue weighted by molar-refractivity contribution is -0.143. The smallest absolute Gasteiger partial charge is 0.141 e. The third kappa shape index (κ3) is 5.80. The van der Waals surface area contributed by atoms with Gasteiger partial charge < -0.3 is 15.4 Å². The number of likely N-dealkylation sites (tertiary alicyclic amines) is 1. The summed E-state index contributed by atoms with van der Waals surface area (Å²) in [6.45, 7) is 4.23. The Morgan fingerprint density at radius 2 is 1.87 bits per heavy atom. The van der Waals surface area contributed by atoms with Gasteiger partial charge in [-0.15, -0.1) is 5.10 Å². The van der Waals surface area contributed by atoms with Gasteiger partial charge in [0.2, 0.25) is 0 Å². The second kappa shape index (κ2) is 12.3. The van der Waals surface area contributed by atoms with Gasteiger partial charge in [0.15, 0.2) is 0 Å². The number of pyridine rings is 1. The number of hydrogen-bond donors (Lipinski definition) is 2. The Morgan fingerprint density at radius 1 is 1.07 bits per heavy atom. The van der Waals surface area contributed by atoms with Gasteiger partial charge in [-0.25, -0.2) is 4.39 Å². The van der Waals surface area contributed by atoms with Crippen molar-refractivity contribution >= 4 is 51.2 Å². The molecule has 2 saturated heterocycles. The second-order valence-corrected chi connectivity index (χ2v) is 12.3. The molecule has 5 aromatic rings. The number of nitrogens with one attached hydrogen (secondary N) is 2. The lowest BCUT2D eigenvalue weighted by atomic mass is 9.95. The number of benzene rings is 3. The zero-order valence-electron chi connectivity index (χ0n) is 24.2. The highest BCUT2D eigenvalue weighted by molar-refractivity contribution is 6.32. The molecule has 1 atom stereocenters. The number of rotatable bonds is 9. The number of fused-ring (bicyclic) bond motifs is 1. The lowest BCUT2D eigenvalue weighted by Gasteiger charge is -2.47. The molecule has 0 saturated carbocycles. The van der Waals surface area contributed by atoms with Gasteiger partial charge in [-0.2, -0.15) is 5.26 Å². The SMILES string of the molecule is N#Cc1cnc2c(N[C@@H](c3ccccc3)c3cn(CC4(N5CCCC5)COC4)nn3)cc(Cl)cc2c1Nc1ccc(F)c(Cl)c1. The van der Waals surface area contributed by atoms with E-state index >= 15 is 0 Å². The van der Waals surface area contributed by atoms with Crippen LogP contribution in [0.1, 0.15) is 35.7 Å². The first kappa shape index (κ1) is 29.4. The number of aromatic nitrogens is 4. The molecule has 0 spiro atoms. The molecule has 2 aromatic heterocycles. The van der Waals surface area contributed by atoms with E-state index in [0.717, 1.165) is 24.3 Å². The number of hydrogen-bond acceptors (Lipinski definition) is 8. The molecular formula is C33H29Cl2FN8O. The van der Waals surface area contributed by atoms with Crippen molar-refractivity contribution in [1.82, 2.24) is 24.9 Å². The Balaban J connectivity index is 1.26. The molecule has 9 nitrogen and oxygen atoms in total. The first-order valence-electron chi connectivity index (χ1n) is 14.7. The van der Waals surface area contributed by atoms with Gasteiger partial charge in [0, 0.05) is 22.3 Å². The largest absolute Gasteiger partial charge is 0.377 e. The van der Waals surface area contributed by atoms with Crippen molar-refractivity contribution in [2.24, 2.45) is 0 Å². The zero-order valence-corrected chi connectivity index (χ0v) is 25.7. The van der Waals surface area contributed by atoms with Crippen LogP contribution in [0.15, 0.2) is 73.1 Å². The standard InChI is InChI=1S/C33H29Cl2FN8O/c34-23-12-25-30(39-24-8-9-27(36)26(35)14-24)22(15-37)16-38-32(25)28(13-23)40-31(21-6-2-1-3-7-21)29-17-44(42-41-29)18-33(19-45-20-33)43-10-4-5-11-43/h1-3,6-9,12-14,16-17,31,40H,4-5,10-11,18-20H2,(H,38,39)/t31-/m0/s1. The van der Waals surface area contributed by atoms with Crippen molar-refractivity contribution in [1.29, 1.82) is 5.26 Å². The van der Waals surface area contributed by atoms with E-state index in [4.69, 9.17) is 27.9 Å². The minimum atomic E-state index is -0.534. The molecule has 0 radical (unpaired) electrons. The third-order valence-corrected chi connectivity index (χ3v) is 9.01. The Kier molecular flexibility index (Phi) is 8.02. The van der Waals surface area contributed by atoms with Crippen molar-refractivity contribution in [3.05, 3.63) is 106 Å². The van der Waals surface area contributed by atoms with Crippen LogP contribution in [0.25, 0.3) is 10.9 Å². The molecule has 3 aromatic carbocycles. The van der Waals surface area contributed by atoms with Crippen LogP contribution in [-0.4, -0.2) is 56.7 Å². The maximum absolute atomic E-state index is 13.9. The number of nitriles is 1. The van der Waals surface area contributed by atoms with Gasteiger partial charge in [-0.3, -0.25) is 14.6 Å². The monoisotopic (exact) mass is 642 g/mol. The molecule has 0 aliphatic carbocycles. The number of halogens is 3. The maximum atomic E-state index is 13.9. The average Bonchev–Trinajstić information content (AvgIpc) is 3.73. The molecule has 2 aliphatic rings. The fourth-order valence-electron chi connectivity index (χ4n) is 6.17. The van der Waals surface area contributed by atoms with E-state index in [1.165, 1.54) is 31.2 Å². The fourth-order valence-corrected chi connectivity index (χ4v) is 6.57. The molecule has 45 heavy (non-hydrogen) atoms. The Hall–Kier alpha value is -4.27. The summed E-state index contributed by atoms with van der Waals surface area (Å²) in [5, 5.41) is 26.9. The van der Waals surface area contributed by atoms with Crippen LogP contribution in [0.3, 0.4) is 0 Å². The van der Waals surface area contributed by atoms with Crippen molar-refractivity contribution in [3.63, 3.8) is 0 Å². The Labute approximate surface area is 269 Å². The van der Waals surface area contributed by atoms with Gasteiger partial charge in [0.05, 0.1) is 65.0 Å². The van der Waals surface area contributed by atoms with Gasteiger partial charge >= 0.3 is 0 Å². The van der Waals surface area contributed by atoms with Gasteiger partial charge in [-0.05, 0) is 61.8 Å². The molecule has 2 fully saturated rings. The van der Waals surface area contributed by atoms with E-state index in [0.29, 0.717) is 58.3 Å². The molecule has 2 aliphatic heterocycles. The highest BCUT2D eigenvalue weighted by Gasteiger charge is 2.45. The van der Waals surface area contributed by atoms with E-state index in [9.17, 15) is 9.65 Å². The minimum absolute atomic E-state index is 0.0350. The van der Waals surface area contributed by atoms with E-state index in [1.807, 2.05) is 41.2 Å². The number of ether oxygens (including phenoxy) is 1.